The van der Waals surface area contributed by atoms with Gasteiger partial charge in [-0.3, -0.25) is 9.59 Å². The van der Waals surface area contributed by atoms with Gasteiger partial charge in [-0.25, -0.2) is 13.6 Å². The highest BCUT2D eigenvalue weighted by molar-refractivity contribution is 5.86. The molecule has 2 aliphatic rings. The third-order valence-electron chi connectivity index (χ3n) is 7.08. The Hall–Kier alpha value is -3.49. The molecule has 4 rings (SSSR count). The lowest BCUT2D eigenvalue weighted by molar-refractivity contribution is -0.141. The SMILES string of the molecule is CCC(C)C(NC(=O)OCC1c2ccccc2-c2ccccc21)C(=O)NC[C@@H]1[C@H](C(=O)O)C1(F)F. The second-order valence-corrected chi connectivity index (χ2v) is 9.18. The van der Waals surface area contributed by atoms with E-state index in [2.05, 4.69) is 10.6 Å². The predicted octanol–water partition coefficient (Wildman–Crippen LogP) is 4.02. The van der Waals surface area contributed by atoms with Crippen molar-refractivity contribution in [2.75, 3.05) is 13.2 Å². The molecule has 0 spiro atoms. The van der Waals surface area contributed by atoms with E-state index in [1.165, 1.54) is 0 Å². The molecule has 1 fully saturated rings. The Bertz CT molecular complexity index is 1090. The molecular formula is C26H28F2N2O5. The van der Waals surface area contributed by atoms with Crippen LogP contribution in [0, 0.1) is 17.8 Å². The second-order valence-electron chi connectivity index (χ2n) is 9.18. The number of carboxylic acid groups (broad SMARTS) is 1. The van der Waals surface area contributed by atoms with Gasteiger partial charge < -0.3 is 20.5 Å². The molecule has 1 saturated carbocycles. The van der Waals surface area contributed by atoms with Crippen molar-refractivity contribution in [1.82, 2.24) is 10.6 Å². The quantitative estimate of drug-likeness (QED) is 0.497. The maximum atomic E-state index is 13.6. The molecule has 186 valence electrons. The van der Waals surface area contributed by atoms with Gasteiger partial charge in [-0.1, -0.05) is 68.8 Å². The highest BCUT2D eigenvalue weighted by atomic mass is 19.3. The maximum Gasteiger partial charge on any atom is 0.407 e. The molecule has 9 heteroatoms. The average Bonchev–Trinajstić information content (AvgIpc) is 3.26. The number of hydrogen-bond acceptors (Lipinski definition) is 4. The Morgan fingerprint density at radius 2 is 1.63 bits per heavy atom. The van der Waals surface area contributed by atoms with Gasteiger partial charge in [0.15, 0.2) is 0 Å². The first-order valence-corrected chi connectivity index (χ1v) is 11.7. The lowest BCUT2D eigenvalue weighted by Crippen LogP contribution is -2.51. The summed E-state index contributed by atoms with van der Waals surface area (Å²) in [5.74, 6) is -9.31. The van der Waals surface area contributed by atoms with Crippen LogP contribution in [0.15, 0.2) is 48.5 Å². The van der Waals surface area contributed by atoms with Crippen LogP contribution in [0.4, 0.5) is 13.6 Å². The molecule has 2 aromatic carbocycles. The van der Waals surface area contributed by atoms with E-state index in [9.17, 15) is 23.2 Å². The third kappa shape index (κ3) is 4.72. The number of carbonyl (C=O) groups excluding carboxylic acids is 2. The molecule has 0 saturated heterocycles. The van der Waals surface area contributed by atoms with E-state index < -0.39 is 48.3 Å². The van der Waals surface area contributed by atoms with Gasteiger partial charge >= 0.3 is 12.1 Å². The predicted molar refractivity (Wildman–Crippen MR) is 124 cm³/mol. The molecule has 0 aliphatic heterocycles. The van der Waals surface area contributed by atoms with Gasteiger partial charge in [0.2, 0.25) is 5.91 Å². The minimum absolute atomic E-state index is 0.0727. The van der Waals surface area contributed by atoms with Crippen LogP contribution in [0.1, 0.15) is 37.3 Å². The van der Waals surface area contributed by atoms with Crippen LogP contribution in [0.5, 0.6) is 0 Å². The molecule has 7 nitrogen and oxygen atoms in total. The van der Waals surface area contributed by atoms with Crippen molar-refractivity contribution in [2.45, 2.75) is 38.2 Å². The van der Waals surface area contributed by atoms with Gasteiger partial charge in [0.25, 0.3) is 5.92 Å². The standard InChI is InChI=1S/C26H28F2N2O5/c1-3-14(2)22(23(31)29-12-20-21(24(32)33)26(20,27)28)30-25(34)35-13-19-17-10-6-4-8-15(17)16-9-5-7-11-18(16)19/h4-11,14,19-22H,3,12-13H2,1-2H3,(H,29,31)(H,30,34)(H,32,33)/t14?,20-,21-,22?/m1/s1. The van der Waals surface area contributed by atoms with Crippen LogP contribution in [0.2, 0.25) is 0 Å². The molecule has 0 radical (unpaired) electrons. The van der Waals surface area contributed by atoms with Crippen molar-refractivity contribution in [1.29, 1.82) is 0 Å². The fraction of sp³-hybridized carbons (Fsp3) is 0.423. The summed E-state index contributed by atoms with van der Waals surface area (Å²) in [5, 5.41) is 13.8. The number of amides is 2. The number of rotatable bonds is 9. The first kappa shape index (κ1) is 24.6. The minimum Gasteiger partial charge on any atom is -0.481 e. The third-order valence-corrected chi connectivity index (χ3v) is 7.08. The zero-order valence-electron chi connectivity index (χ0n) is 19.5. The summed E-state index contributed by atoms with van der Waals surface area (Å²) >= 11 is 0. The summed E-state index contributed by atoms with van der Waals surface area (Å²) in [6, 6.07) is 14.8. The number of alkyl carbamates (subject to hydrolysis) is 1. The van der Waals surface area contributed by atoms with Crippen LogP contribution in [-0.2, 0) is 14.3 Å². The molecular weight excluding hydrogens is 458 g/mol. The van der Waals surface area contributed by atoms with E-state index in [0.29, 0.717) is 6.42 Å². The van der Waals surface area contributed by atoms with Crippen molar-refractivity contribution in [3.8, 4) is 11.1 Å². The molecule has 2 unspecified atom stereocenters. The molecule has 0 bridgehead atoms. The van der Waals surface area contributed by atoms with Gasteiger partial charge in [0, 0.05) is 12.5 Å². The minimum atomic E-state index is -3.36. The van der Waals surface area contributed by atoms with Gasteiger partial charge in [0.1, 0.15) is 18.6 Å². The van der Waals surface area contributed by atoms with Gasteiger partial charge in [-0.2, -0.15) is 0 Å². The van der Waals surface area contributed by atoms with Crippen LogP contribution in [0.25, 0.3) is 11.1 Å². The molecule has 0 aromatic heterocycles. The number of alkyl halides is 2. The Labute approximate surface area is 201 Å². The van der Waals surface area contributed by atoms with E-state index >= 15 is 0 Å². The maximum absolute atomic E-state index is 13.6. The molecule has 2 aliphatic carbocycles. The van der Waals surface area contributed by atoms with E-state index in [1.54, 1.807) is 6.92 Å². The monoisotopic (exact) mass is 486 g/mol. The number of carboxylic acids is 1. The second kappa shape index (κ2) is 9.64. The number of nitrogens with one attached hydrogen (secondary N) is 2. The van der Waals surface area contributed by atoms with Crippen molar-refractivity contribution < 1.29 is 33.0 Å². The number of carbonyl (C=O) groups is 3. The first-order chi connectivity index (χ1) is 16.7. The van der Waals surface area contributed by atoms with E-state index in [1.807, 2.05) is 55.5 Å². The molecule has 35 heavy (non-hydrogen) atoms. The zero-order chi connectivity index (χ0) is 25.3. The smallest absolute Gasteiger partial charge is 0.407 e. The summed E-state index contributed by atoms with van der Waals surface area (Å²) in [5.41, 5.74) is 4.28. The van der Waals surface area contributed by atoms with Crippen LogP contribution in [-0.4, -0.2) is 48.2 Å². The Morgan fingerprint density at radius 3 is 2.14 bits per heavy atom. The summed E-state index contributed by atoms with van der Waals surface area (Å²) in [4.78, 5) is 36.3. The summed E-state index contributed by atoms with van der Waals surface area (Å²) < 4.78 is 32.8. The Balaban J connectivity index is 1.37. The summed E-state index contributed by atoms with van der Waals surface area (Å²) in [6.07, 6.45) is -0.244. The number of halogens is 2. The topological polar surface area (TPSA) is 105 Å². The highest BCUT2D eigenvalue weighted by Gasteiger charge is 2.72. The average molecular weight is 487 g/mol. The van der Waals surface area contributed by atoms with Crippen molar-refractivity contribution >= 4 is 18.0 Å². The number of fused-ring (bicyclic) bond motifs is 3. The van der Waals surface area contributed by atoms with Gasteiger partial charge in [-0.15, -0.1) is 0 Å². The summed E-state index contributed by atoms with van der Waals surface area (Å²) in [7, 11) is 0. The highest BCUT2D eigenvalue weighted by Crippen LogP contribution is 2.54. The van der Waals surface area contributed by atoms with E-state index in [4.69, 9.17) is 9.84 Å². The van der Waals surface area contributed by atoms with Crippen LogP contribution in [0.3, 0.4) is 0 Å². The largest absolute Gasteiger partial charge is 0.481 e. The van der Waals surface area contributed by atoms with E-state index in [0.717, 1.165) is 22.3 Å². The fourth-order valence-corrected chi connectivity index (χ4v) is 4.77. The van der Waals surface area contributed by atoms with Crippen molar-refractivity contribution in [3.05, 3.63) is 59.7 Å². The lowest BCUT2D eigenvalue weighted by atomic mass is 9.98. The van der Waals surface area contributed by atoms with Gasteiger partial charge in [-0.05, 0) is 28.2 Å². The Morgan fingerprint density at radius 1 is 1.06 bits per heavy atom. The number of aliphatic carboxylic acids is 1. The summed E-state index contributed by atoms with van der Waals surface area (Å²) in [6.45, 7) is 3.17. The Kier molecular flexibility index (Phi) is 6.78. The van der Waals surface area contributed by atoms with Crippen molar-refractivity contribution in [3.63, 3.8) is 0 Å². The fourth-order valence-electron chi connectivity index (χ4n) is 4.77. The number of ether oxygens (including phenoxy) is 1. The molecule has 2 amide bonds. The van der Waals surface area contributed by atoms with Crippen molar-refractivity contribution in [2.24, 2.45) is 17.8 Å². The van der Waals surface area contributed by atoms with Crippen LogP contribution < -0.4 is 10.6 Å². The number of benzene rings is 2. The molecule has 3 N–H and O–H groups in total. The van der Waals surface area contributed by atoms with Crippen LogP contribution >= 0.6 is 0 Å². The normalized spacial score (nSPS) is 21.3. The lowest BCUT2D eigenvalue weighted by Gasteiger charge is -2.24. The zero-order valence-corrected chi connectivity index (χ0v) is 19.5. The molecule has 4 atom stereocenters. The van der Waals surface area contributed by atoms with E-state index in [-0.39, 0.29) is 18.4 Å². The number of hydrogen-bond donors (Lipinski definition) is 3. The van der Waals surface area contributed by atoms with Gasteiger partial charge in [0.05, 0.1) is 5.92 Å². The molecule has 2 aromatic rings. The molecule has 0 heterocycles. The first-order valence-electron chi connectivity index (χ1n) is 11.7.